The zero-order chi connectivity index (χ0) is 40.9. The van der Waals surface area contributed by atoms with Crippen molar-refractivity contribution in [2.75, 3.05) is 26.2 Å². The molecule has 13 nitrogen and oxygen atoms in total. The molecule has 0 saturated carbocycles. The van der Waals surface area contributed by atoms with Gasteiger partial charge in [0.05, 0.1) is 23.7 Å². The maximum atomic E-state index is 12.8. The predicted molar refractivity (Wildman–Crippen MR) is 220 cm³/mol. The number of phenolic OH excluding ortho intramolecular Hbond substituents is 1. The molecule has 13 heteroatoms. The Balaban J connectivity index is 1.38. The van der Waals surface area contributed by atoms with Gasteiger partial charge in [-0.2, -0.15) is 0 Å². The third-order valence-corrected chi connectivity index (χ3v) is 13.1. The summed E-state index contributed by atoms with van der Waals surface area (Å²) in [4.78, 5) is 17.5. The molecule has 0 aromatic heterocycles. The van der Waals surface area contributed by atoms with Crippen molar-refractivity contribution >= 4 is 11.9 Å². The van der Waals surface area contributed by atoms with Crippen molar-refractivity contribution in [3.05, 3.63) is 70.8 Å². The molecule has 3 heterocycles. The van der Waals surface area contributed by atoms with Gasteiger partial charge >= 0.3 is 5.97 Å². The van der Waals surface area contributed by atoms with Crippen molar-refractivity contribution < 1.29 is 39.8 Å². The van der Waals surface area contributed by atoms with Crippen LogP contribution in [-0.4, -0.2) is 99.6 Å². The average molecular weight is 800 g/mol. The van der Waals surface area contributed by atoms with Crippen molar-refractivity contribution in [2.24, 2.45) is 28.0 Å². The number of piperidine rings is 1. The van der Waals surface area contributed by atoms with Gasteiger partial charge in [0.1, 0.15) is 12.2 Å². The zero-order valence-electron chi connectivity index (χ0n) is 33.5. The molecule has 0 radical (unpaired) electrons. The standard InChI is InChI=1S/C45H61N5O8/c1-28(51)57-38-24-33(52)11-17-45-16-10-31-7-4-15-44(26-34(14-20-49-44)58-39-23-32(22-35(31)38)36(42(55)56)25-37(39)53)27-47-18-12-29-5-2-6-30(21-29)13-19-48-43(46)50-40(45)8-3-9-41(45)54/h2-3,5-6,8,21,23,25,31,33-35,38,40-42,47,49,52-56H,4,7,9,11-15,17-20,22,24,26-27H2,1H3,(H3,46,48,50)/t31-,33-,34-,35+,38-,40+,41+,44+,45-/m0/s1. The minimum Gasteiger partial charge on any atom is -0.504 e. The number of nitrogens with one attached hydrogen (secondary N) is 3. The van der Waals surface area contributed by atoms with Gasteiger partial charge in [0.25, 0.3) is 0 Å². The maximum Gasteiger partial charge on any atom is 0.302 e. The van der Waals surface area contributed by atoms with Gasteiger partial charge in [0.15, 0.2) is 23.7 Å². The third kappa shape index (κ3) is 9.82. The van der Waals surface area contributed by atoms with Crippen LogP contribution in [-0.2, 0) is 28.8 Å². The maximum absolute atomic E-state index is 12.8. The van der Waals surface area contributed by atoms with Gasteiger partial charge in [-0.3, -0.25) is 9.79 Å². The van der Waals surface area contributed by atoms with E-state index in [1.165, 1.54) is 24.1 Å². The van der Waals surface area contributed by atoms with E-state index < -0.39 is 53.9 Å². The molecule has 2 spiro atoms. The highest BCUT2D eigenvalue weighted by molar-refractivity contribution is 5.78. The molecule has 9 atom stereocenters. The molecule has 1 fully saturated rings. The molecular weight excluding hydrogens is 739 g/mol. The van der Waals surface area contributed by atoms with Crippen LogP contribution in [0, 0.1) is 29.1 Å². The molecule has 58 heavy (non-hydrogen) atoms. The van der Waals surface area contributed by atoms with Gasteiger partial charge in [-0.1, -0.05) is 54.7 Å². The Morgan fingerprint density at radius 3 is 2.72 bits per heavy atom. The number of aliphatic imine (C=N–C) groups is 1. The number of nitrogens with zero attached hydrogens (tertiary/aromatic N) is 1. The number of ether oxygens (including phenoxy) is 2. The summed E-state index contributed by atoms with van der Waals surface area (Å²) in [6.07, 6.45) is 5.55. The lowest BCUT2D eigenvalue weighted by atomic mass is 9.66. The van der Waals surface area contributed by atoms with Crippen LogP contribution in [0.1, 0.15) is 93.3 Å². The van der Waals surface area contributed by atoms with E-state index in [2.05, 4.69) is 57.0 Å². The molecule has 8 bridgehead atoms. The second-order valence-corrected chi connectivity index (χ2v) is 17.2. The van der Waals surface area contributed by atoms with Gasteiger partial charge in [0, 0.05) is 55.8 Å². The summed E-state index contributed by atoms with van der Waals surface area (Å²) in [5.41, 5.74) is 8.17. The van der Waals surface area contributed by atoms with Crippen molar-refractivity contribution in [1.82, 2.24) is 16.0 Å². The molecule has 1 saturated heterocycles. The number of rotatable bonds is 2. The fourth-order valence-electron chi connectivity index (χ4n) is 9.99. The van der Waals surface area contributed by atoms with E-state index in [0.29, 0.717) is 57.3 Å². The van der Waals surface area contributed by atoms with E-state index in [0.717, 1.165) is 32.2 Å². The number of fused-ring (bicyclic) bond motifs is 7. The molecule has 2 aromatic carbocycles. The molecule has 5 aliphatic rings. The van der Waals surface area contributed by atoms with Crippen molar-refractivity contribution in [1.29, 1.82) is 0 Å². The fourth-order valence-corrected chi connectivity index (χ4v) is 9.99. The number of aromatic hydroxyl groups is 1. The summed E-state index contributed by atoms with van der Waals surface area (Å²) >= 11 is 0. The van der Waals surface area contributed by atoms with Crippen LogP contribution in [0.15, 0.2) is 53.5 Å². The normalized spacial score (nSPS) is 33.3. The Labute approximate surface area is 341 Å². The topological polar surface area (TPSA) is 211 Å². The number of phenols is 1. The second-order valence-electron chi connectivity index (χ2n) is 17.2. The Morgan fingerprint density at radius 2 is 1.91 bits per heavy atom. The van der Waals surface area contributed by atoms with Crippen LogP contribution in [0.5, 0.6) is 11.5 Å². The van der Waals surface area contributed by atoms with Gasteiger partial charge < -0.3 is 56.7 Å². The average Bonchev–Trinajstić information content (AvgIpc) is 3.18. The highest BCUT2D eigenvalue weighted by Gasteiger charge is 2.47. The highest BCUT2D eigenvalue weighted by Crippen LogP contribution is 2.43. The van der Waals surface area contributed by atoms with E-state index >= 15 is 0 Å². The smallest absolute Gasteiger partial charge is 0.302 e. The predicted octanol–water partition coefficient (Wildman–Crippen LogP) is 2.65. The Morgan fingerprint density at radius 1 is 1.09 bits per heavy atom. The number of carbonyl (C=O) groups excluding carboxylic acids is 1. The second kappa shape index (κ2) is 18.4. The summed E-state index contributed by atoms with van der Waals surface area (Å²) in [5, 5.41) is 67.1. The quantitative estimate of drug-likeness (QED) is 0.0930. The molecule has 0 amide bonds. The number of esters is 1. The summed E-state index contributed by atoms with van der Waals surface area (Å²) in [6.45, 7) is 3.98. The molecule has 2 aromatic rings. The van der Waals surface area contributed by atoms with Crippen LogP contribution in [0.2, 0.25) is 0 Å². The largest absolute Gasteiger partial charge is 0.504 e. The summed E-state index contributed by atoms with van der Waals surface area (Å²) < 4.78 is 12.7. The summed E-state index contributed by atoms with van der Waals surface area (Å²) in [5.74, 6) is 6.07. The first-order chi connectivity index (χ1) is 27.9. The van der Waals surface area contributed by atoms with E-state index in [-0.39, 0.29) is 53.9 Å². The highest BCUT2D eigenvalue weighted by atomic mass is 16.5. The lowest BCUT2D eigenvalue weighted by molar-refractivity contribution is -0.152. The number of aliphatic hydroxyl groups excluding tert-OH is 3. The van der Waals surface area contributed by atoms with Crippen LogP contribution in [0.25, 0.3) is 0 Å². The lowest BCUT2D eigenvalue weighted by Crippen LogP contribution is -2.59. The number of nitrogens with two attached hydrogens (primary N) is 1. The number of carbonyl (C=O) groups is 1. The third-order valence-electron chi connectivity index (χ3n) is 13.1. The van der Waals surface area contributed by atoms with Crippen LogP contribution < -0.4 is 26.4 Å². The van der Waals surface area contributed by atoms with Crippen molar-refractivity contribution in [3.8, 4) is 23.3 Å². The zero-order valence-corrected chi connectivity index (χ0v) is 33.5. The molecule has 0 unspecified atom stereocenters. The van der Waals surface area contributed by atoms with Gasteiger partial charge in [-0.25, -0.2) is 0 Å². The molecule has 7 rings (SSSR count). The molecule has 10 N–H and O–H groups in total. The van der Waals surface area contributed by atoms with Crippen LogP contribution in [0.4, 0.5) is 0 Å². The molecule has 3 aliphatic heterocycles. The van der Waals surface area contributed by atoms with Crippen molar-refractivity contribution in [3.63, 3.8) is 0 Å². The first-order valence-electron chi connectivity index (χ1n) is 21.1. The van der Waals surface area contributed by atoms with Crippen molar-refractivity contribution in [2.45, 2.75) is 126 Å². The number of hydrogen-bond donors (Lipinski definition) is 9. The van der Waals surface area contributed by atoms with Crippen LogP contribution in [0.3, 0.4) is 0 Å². The Bertz CT molecular complexity index is 1890. The Hall–Kier alpha value is -4.16. The molecule has 2 aliphatic carbocycles. The first-order valence-corrected chi connectivity index (χ1v) is 21.1. The van der Waals surface area contributed by atoms with E-state index in [1.54, 1.807) is 6.07 Å². The van der Waals surface area contributed by atoms with Gasteiger partial charge in [0.2, 0.25) is 0 Å². The number of guanidine groups is 1. The van der Waals surface area contributed by atoms with Crippen LogP contribution >= 0.6 is 0 Å². The summed E-state index contributed by atoms with van der Waals surface area (Å²) in [6, 6.07) is 11.0. The summed E-state index contributed by atoms with van der Waals surface area (Å²) in [7, 11) is 0. The number of aliphatic hydroxyl groups is 4. The minimum absolute atomic E-state index is 0.108. The van der Waals surface area contributed by atoms with Gasteiger partial charge in [-0.15, -0.1) is 0 Å². The Kier molecular flexibility index (Phi) is 13.3. The molecule has 314 valence electrons. The molecular formula is C45H61N5O8. The fraction of sp³-hybridized carbons (Fsp3) is 0.600. The number of hydrogen-bond acceptors (Lipinski definition) is 13. The monoisotopic (exact) mass is 799 g/mol. The first kappa shape index (κ1) is 42.0. The van der Waals surface area contributed by atoms with Gasteiger partial charge in [-0.05, 0) is 99.7 Å². The van der Waals surface area contributed by atoms with E-state index in [4.69, 9.17) is 15.2 Å². The minimum atomic E-state index is -1.90. The van der Waals surface area contributed by atoms with E-state index in [1.807, 2.05) is 12.2 Å². The lowest BCUT2D eigenvalue weighted by Gasteiger charge is -2.43. The SMILES string of the molecule is CC(=O)O[C@H]1C[C@@H](O)CC[C@@]23C#C[C@@H]4CCC[C@]5(CNCCc6cccc(c6)CCN=C(N)N[C@@H]2C=CC[C@H]3O)C[C@H](CCN5)Oc2cc(c(C(O)O)cc2O)C[C@H]41. The number of benzene rings is 2. The van der Waals surface area contributed by atoms with E-state index in [9.17, 15) is 30.3 Å².